The normalized spacial score (nSPS) is 28.9. The molecule has 21 heavy (non-hydrogen) atoms. The van der Waals surface area contributed by atoms with E-state index in [4.69, 9.17) is 5.10 Å². The lowest BCUT2D eigenvalue weighted by atomic mass is 9.95. The fourth-order valence-corrected chi connectivity index (χ4v) is 3.31. The molecule has 0 spiro atoms. The number of hydrogen-bond donors (Lipinski definition) is 1. The monoisotopic (exact) mass is 291 g/mol. The summed E-state index contributed by atoms with van der Waals surface area (Å²) in [6.07, 6.45) is 19.7. The first-order valence-electron chi connectivity index (χ1n) is 9.10. The maximum absolute atomic E-state index is 4.86. The van der Waals surface area contributed by atoms with E-state index in [1.54, 1.807) is 0 Å². The van der Waals surface area contributed by atoms with Gasteiger partial charge in [0.25, 0.3) is 0 Å². The predicted molar refractivity (Wildman–Crippen MR) is 91.3 cm³/mol. The lowest BCUT2D eigenvalue weighted by Crippen LogP contribution is -2.32. The second-order valence-electron chi connectivity index (χ2n) is 6.53. The summed E-state index contributed by atoms with van der Waals surface area (Å²) in [7, 11) is 2.04. The first-order valence-corrected chi connectivity index (χ1v) is 9.10. The molecule has 0 amide bonds. The Morgan fingerprint density at radius 2 is 1.52 bits per heavy atom. The summed E-state index contributed by atoms with van der Waals surface area (Å²) in [5, 5.41) is 6.80. The second kappa shape index (κ2) is 9.99. The molecule has 1 N–H and O–H groups in total. The molecule has 0 fully saturated rings. The smallest absolute Gasteiger partial charge is 0.0649 e. The molecule has 0 bridgehead atoms. The molecule has 3 heteroatoms. The Bertz CT molecular complexity index is 346. The molecule has 0 aromatic heterocycles. The summed E-state index contributed by atoms with van der Waals surface area (Å²) < 4.78 is 0. The van der Waals surface area contributed by atoms with Gasteiger partial charge in [-0.25, -0.2) is 10.5 Å². The molecule has 1 heterocycles. The van der Waals surface area contributed by atoms with E-state index in [1.165, 1.54) is 88.3 Å². The zero-order valence-electron chi connectivity index (χ0n) is 13.9. The van der Waals surface area contributed by atoms with Crippen LogP contribution < -0.4 is 5.43 Å². The summed E-state index contributed by atoms with van der Waals surface area (Å²) >= 11 is 0. The molecule has 0 atom stereocenters. The highest BCUT2D eigenvalue weighted by molar-refractivity contribution is 5.99. The molecule has 2 aliphatic rings. The van der Waals surface area contributed by atoms with Crippen molar-refractivity contribution in [2.45, 2.75) is 83.5 Å². The van der Waals surface area contributed by atoms with Crippen LogP contribution >= 0.6 is 0 Å². The van der Waals surface area contributed by atoms with Gasteiger partial charge in [-0.05, 0) is 50.5 Å². The van der Waals surface area contributed by atoms with Gasteiger partial charge in [-0.2, -0.15) is 5.10 Å². The molecule has 0 aromatic carbocycles. The maximum atomic E-state index is 4.86. The highest BCUT2D eigenvalue weighted by Gasteiger charge is 2.11. The maximum Gasteiger partial charge on any atom is 0.0649 e. The minimum atomic E-state index is 1.05. The van der Waals surface area contributed by atoms with Crippen molar-refractivity contribution in [3.8, 4) is 0 Å². The summed E-state index contributed by atoms with van der Waals surface area (Å²) in [6, 6.07) is 0. The van der Waals surface area contributed by atoms with Gasteiger partial charge in [0.2, 0.25) is 0 Å². The molecule has 0 radical (unpaired) electrons. The van der Waals surface area contributed by atoms with Crippen molar-refractivity contribution in [3.05, 3.63) is 11.6 Å². The molecule has 0 saturated carbocycles. The SMILES string of the molecule is CN1/N=C(/C2=C/CCCCCCCC2)CCCCCCN1. The first kappa shape index (κ1) is 16.5. The molecule has 120 valence electrons. The van der Waals surface area contributed by atoms with E-state index in [9.17, 15) is 0 Å². The van der Waals surface area contributed by atoms with Gasteiger partial charge in [-0.3, -0.25) is 0 Å². The number of nitrogens with one attached hydrogen (secondary N) is 1. The topological polar surface area (TPSA) is 27.6 Å². The molecule has 0 aromatic rings. The van der Waals surface area contributed by atoms with Crippen LogP contribution in [-0.4, -0.2) is 24.4 Å². The highest BCUT2D eigenvalue weighted by Crippen LogP contribution is 2.21. The van der Waals surface area contributed by atoms with Gasteiger partial charge in [0.15, 0.2) is 0 Å². The van der Waals surface area contributed by atoms with Crippen molar-refractivity contribution in [3.63, 3.8) is 0 Å². The van der Waals surface area contributed by atoms with E-state index in [0.717, 1.165) is 13.0 Å². The third kappa shape index (κ3) is 6.64. The predicted octanol–water partition coefficient (Wildman–Crippen LogP) is 4.80. The summed E-state index contributed by atoms with van der Waals surface area (Å²) in [5.41, 5.74) is 6.26. The van der Waals surface area contributed by atoms with Crippen LogP contribution in [0.3, 0.4) is 0 Å². The molecule has 2 rings (SSSR count). The summed E-state index contributed by atoms with van der Waals surface area (Å²) in [4.78, 5) is 0. The molecule has 0 saturated heterocycles. The van der Waals surface area contributed by atoms with Crippen molar-refractivity contribution < 1.29 is 0 Å². The lowest BCUT2D eigenvalue weighted by Gasteiger charge is -2.20. The van der Waals surface area contributed by atoms with Crippen LogP contribution in [-0.2, 0) is 0 Å². The van der Waals surface area contributed by atoms with Crippen LogP contribution in [0.4, 0.5) is 0 Å². The number of hydrazone groups is 1. The van der Waals surface area contributed by atoms with Gasteiger partial charge in [0, 0.05) is 13.6 Å². The van der Waals surface area contributed by atoms with Crippen LogP contribution in [0.2, 0.25) is 0 Å². The minimum Gasteiger partial charge on any atom is -0.233 e. The standard InChI is InChI=1S/C18H33N3/c1-21-19-16-12-8-7-11-15-18(20-21)17-13-9-5-3-2-4-6-10-14-17/h13,19H,2-12,14-16H2,1H3/b17-13+,20-18+. The average Bonchev–Trinajstić information content (AvgIpc) is 2.51. The number of hydrazine groups is 1. The van der Waals surface area contributed by atoms with Crippen LogP contribution in [0.1, 0.15) is 83.5 Å². The Kier molecular flexibility index (Phi) is 7.87. The number of nitrogens with zero attached hydrogens (tertiary/aromatic N) is 2. The van der Waals surface area contributed by atoms with Gasteiger partial charge >= 0.3 is 0 Å². The van der Waals surface area contributed by atoms with Crippen molar-refractivity contribution in [1.29, 1.82) is 0 Å². The lowest BCUT2D eigenvalue weighted by molar-refractivity contribution is 0.242. The van der Waals surface area contributed by atoms with E-state index < -0.39 is 0 Å². The van der Waals surface area contributed by atoms with Crippen molar-refractivity contribution in [2.24, 2.45) is 5.10 Å². The van der Waals surface area contributed by atoms with E-state index in [1.807, 2.05) is 12.2 Å². The Morgan fingerprint density at radius 1 is 0.857 bits per heavy atom. The van der Waals surface area contributed by atoms with Crippen LogP contribution in [0.15, 0.2) is 16.8 Å². The summed E-state index contributed by atoms with van der Waals surface area (Å²) in [6.45, 7) is 1.05. The molecular weight excluding hydrogens is 258 g/mol. The van der Waals surface area contributed by atoms with Gasteiger partial charge in [-0.1, -0.05) is 44.6 Å². The van der Waals surface area contributed by atoms with Gasteiger partial charge in [0.05, 0.1) is 5.71 Å². The average molecular weight is 291 g/mol. The molecular formula is C18H33N3. The fraction of sp³-hybridized carbons (Fsp3) is 0.833. The fourth-order valence-electron chi connectivity index (χ4n) is 3.31. The zero-order valence-corrected chi connectivity index (χ0v) is 13.9. The number of rotatable bonds is 1. The largest absolute Gasteiger partial charge is 0.233 e. The van der Waals surface area contributed by atoms with Gasteiger partial charge in [0.1, 0.15) is 0 Å². The van der Waals surface area contributed by atoms with Crippen LogP contribution in [0.25, 0.3) is 0 Å². The third-order valence-electron chi connectivity index (χ3n) is 4.61. The van der Waals surface area contributed by atoms with E-state index >= 15 is 0 Å². The van der Waals surface area contributed by atoms with Crippen molar-refractivity contribution in [1.82, 2.24) is 10.5 Å². The van der Waals surface area contributed by atoms with Crippen molar-refractivity contribution in [2.75, 3.05) is 13.6 Å². The molecule has 3 nitrogen and oxygen atoms in total. The van der Waals surface area contributed by atoms with E-state index in [0.29, 0.717) is 0 Å². The highest BCUT2D eigenvalue weighted by atomic mass is 15.7. The van der Waals surface area contributed by atoms with Gasteiger partial charge in [-0.15, -0.1) is 0 Å². The van der Waals surface area contributed by atoms with Crippen LogP contribution in [0.5, 0.6) is 0 Å². The molecule has 1 aliphatic carbocycles. The summed E-state index contributed by atoms with van der Waals surface area (Å²) in [5.74, 6) is 0. The quantitative estimate of drug-likeness (QED) is 0.751. The van der Waals surface area contributed by atoms with Gasteiger partial charge < -0.3 is 0 Å². The third-order valence-corrected chi connectivity index (χ3v) is 4.61. The molecule has 0 unspecified atom stereocenters. The Hall–Kier alpha value is -0.830. The Balaban J connectivity index is 2.05. The Labute approximate surface area is 130 Å². The number of hydrogen-bond acceptors (Lipinski definition) is 3. The minimum absolute atomic E-state index is 1.05. The number of allylic oxidation sites excluding steroid dienone is 2. The van der Waals surface area contributed by atoms with E-state index in [2.05, 4.69) is 11.5 Å². The van der Waals surface area contributed by atoms with E-state index in [-0.39, 0.29) is 0 Å². The zero-order chi connectivity index (χ0) is 14.8. The first-order chi connectivity index (χ1) is 10.4. The van der Waals surface area contributed by atoms with Crippen LogP contribution in [0, 0.1) is 0 Å². The van der Waals surface area contributed by atoms with Crippen molar-refractivity contribution >= 4 is 5.71 Å². The molecule has 1 aliphatic heterocycles. The Morgan fingerprint density at radius 3 is 2.38 bits per heavy atom. The second-order valence-corrected chi connectivity index (χ2v) is 6.53.